The lowest BCUT2D eigenvalue weighted by molar-refractivity contribution is -0.144. The Hall–Kier alpha value is -1.56. The normalized spacial score (nSPS) is 20.2. The summed E-state index contributed by atoms with van der Waals surface area (Å²) in [5.41, 5.74) is 0.181. The molecule has 3 nitrogen and oxygen atoms in total. The first-order chi connectivity index (χ1) is 11.3. The predicted molar refractivity (Wildman–Crippen MR) is 85.5 cm³/mol. The third kappa shape index (κ3) is 4.97. The molecule has 1 aromatic rings. The van der Waals surface area contributed by atoms with E-state index in [0.717, 1.165) is 43.5 Å². The molecule has 0 aromatic heterocycles. The highest BCUT2D eigenvalue weighted by atomic mass is 19.4. The highest BCUT2D eigenvalue weighted by Crippen LogP contribution is 2.31. The number of hydrogen-bond donors (Lipinski definition) is 1. The van der Waals surface area contributed by atoms with Crippen molar-refractivity contribution in [1.82, 2.24) is 4.90 Å². The summed E-state index contributed by atoms with van der Waals surface area (Å²) in [6, 6.07) is 5.21. The molecule has 1 fully saturated rings. The fourth-order valence-electron chi connectivity index (χ4n) is 3.38. The Kier molecular flexibility index (Phi) is 6.27. The van der Waals surface area contributed by atoms with E-state index in [2.05, 4.69) is 4.90 Å². The van der Waals surface area contributed by atoms with Crippen LogP contribution in [-0.4, -0.2) is 29.1 Å². The summed E-state index contributed by atoms with van der Waals surface area (Å²) in [5.74, 6) is -0.920. The number of carboxylic acids is 1. The molecule has 1 unspecified atom stereocenters. The van der Waals surface area contributed by atoms with E-state index in [-0.39, 0.29) is 11.8 Å². The maximum atomic E-state index is 12.6. The molecule has 0 saturated carbocycles. The van der Waals surface area contributed by atoms with Crippen molar-refractivity contribution >= 4 is 5.97 Å². The van der Waals surface area contributed by atoms with Crippen LogP contribution in [0.15, 0.2) is 24.3 Å². The second-order valence-corrected chi connectivity index (χ2v) is 6.57. The van der Waals surface area contributed by atoms with Crippen LogP contribution in [0.4, 0.5) is 13.2 Å². The molecule has 1 saturated heterocycles. The molecule has 2 atom stereocenters. The molecule has 134 valence electrons. The summed E-state index contributed by atoms with van der Waals surface area (Å²) < 4.78 is 37.7. The molecule has 1 aliphatic heterocycles. The fraction of sp³-hybridized carbons (Fsp3) is 0.611. The van der Waals surface area contributed by atoms with E-state index >= 15 is 0 Å². The second-order valence-electron chi connectivity index (χ2n) is 6.57. The maximum absolute atomic E-state index is 12.6. The van der Waals surface area contributed by atoms with Crippen LogP contribution in [0.5, 0.6) is 0 Å². The summed E-state index contributed by atoms with van der Waals surface area (Å²) in [6.45, 7) is 4.10. The number of aliphatic carboxylic acids is 1. The van der Waals surface area contributed by atoms with Gasteiger partial charge in [0, 0.05) is 13.1 Å². The van der Waals surface area contributed by atoms with Gasteiger partial charge in [0.1, 0.15) is 0 Å². The summed E-state index contributed by atoms with van der Waals surface area (Å²) in [5, 5.41) is 9.42. The van der Waals surface area contributed by atoms with Crippen LogP contribution in [0.1, 0.15) is 43.7 Å². The van der Waals surface area contributed by atoms with Gasteiger partial charge in [-0.1, -0.05) is 31.9 Å². The first-order valence-electron chi connectivity index (χ1n) is 8.42. The zero-order chi connectivity index (χ0) is 17.7. The van der Waals surface area contributed by atoms with E-state index in [1.807, 2.05) is 6.92 Å². The van der Waals surface area contributed by atoms with Gasteiger partial charge in [-0.3, -0.25) is 9.69 Å². The Morgan fingerprint density at radius 3 is 2.54 bits per heavy atom. The number of carboxylic acid groups (broad SMARTS) is 1. The van der Waals surface area contributed by atoms with Gasteiger partial charge in [0.25, 0.3) is 0 Å². The van der Waals surface area contributed by atoms with Crippen LogP contribution >= 0.6 is 0 Å². The molecule has 0 bridgehead atoms. The van der Waals surface area contributed by atoms with Gasteiger partial charge in [-0.15, -0.1) is 0 Å². The summed E-state index contributed by atoms with van der Waals surface area (Å²) >= 11 is 0. The number of unbranched alkanes of at least 4 members (excludes halogenated alkanes) is 1. The highest BCUT2D eigenvalue weighted by Gasteiger charge is 2.33. The largest absolute Gasteiger partial charge is 0.481 e. The summed E-state index contributed by atoms with van der Waals surface area (Å²) in [6.07, 6.45) is -0.894. The number of alkyl halides is 3. The lowest BCUT2D eigenvalue weighted by Crippen LogP contribution is -2.27. The average molecular weight is 343 g/mol. The quantitative estimate of drug-likeness (QED) is 0.797. The Morgan fingerprint density at radius 2 is 2.00 bits per heavy atom. The van der Waals surface area contributed by atoms with Gasteiger partial charge >= 0.3 is 12.1 Å². The average Bonchev–Trinajstić information content (AvgIpc) is 2.95. The van der Waals surface area contributed by atoms with Crippen LogP contribution < -0.4 is 0 Å². The Balaban J connectivity index is 1.92. The molecule has 24 heavy (non-hydrogen) atoms. The van der Waals surface area contributed by atoms with Crippen LogP contribution in [0, 0.1) is 11.8 Å². The number of likely N-dealkylation sites (tertiary alicyclic amines) is 1. The molecular formula is C18H24F3NO2. The molecule has 1 aliphatic rings. The number of benzene rings is 1. The minimum absolute atomic E-state index is 0.128. The van der Waals surface area contributed by atoms with Crippen molar-refractivity contribution in [2.24, 2.45) is 11.8 Å². The van der Waals surface area contributed by atoms with Crippen molar-refractivity contribution in [2.45, 2.75) is 45.3 Å². The Morgan fingerprint density at radius 1 is 1.33 bits per heavy atom. The van der Waals surface area contributed by atoms with Crippen LogP contribution in [0.3, 0.4) is 0 Å². The molecule has 0 radical (unpaired) electrons. The van der Waals surface area contributed by atoms with Gasteiger partial charge in [-0.05, 0) is 43.0 Å². The minimum Gasteiger partial charge on any atom is -0.481 e. The number of carbonyl (C=O) groups is 1. The second kappa shape index (κ2) is 8.01. The lowest BCUT2D eigenvalue weighted by atomic mass is 9.87. The highest BCUT2D eigenvalue weighted by molar-refractivity contribution is 5.70. The van der Waals surface area contributed by atoms with Crippen molar-refractivity contribution in [3.05, 3.63) is 35.4 Å². The third-order valence-corrected chi connectivity index (χ3v) is 4.75. The van der Waals surface area contributed by atoms with E-state index in [1.165, 1.54) is 12.1 Å². The Labute approximate surface area is 140 Å². The van der Waals surface area contributed by atoms with Gasteiger partial charge in [0.15, 0.2) is 0 Å². The first-order valence-corrected chi connectivity index (χ1v) is 8.42. The van der Waals surface area contributed by atoms with Crippen molar-refractivity contribution < 1.29 is 23.1 Å². The molecular weight excluding hydrogens is 319 g/mol. The molecule has 1 N–H and O–H groups in total. The summed E-state index contributed by atoms with van der Waals surface area (Å²) in [7, 11) is 0. The maximum Gasteiger partial charge on any atom is 0.416 e. The number of halogens is 3. The predicted octanol–water partition coefficient (Wildman–Crippen LogP) is 4.42. The van der Waals surface area contributed by atoms with Crippen LogP contribution in [0.25, 0.3) is 0 Å². The smallest absolute Gasteiger partial charge is 0.416 e. The van der Waals surface area contributed by atoms with E-state index in [4.69, 9.17) is 0 Å². The molecule has 0 spiro atoms. The van der Waals surface area contributed by atoms with Crippen LogP contribution in [0.2, 0.25) is 0 Å². The molecule has 0 aliphatic carbocycles. The molecule has 2 rings (SSSR count). The Bertz CT molecular complexity index is 542. The molecule has 6 heteroatoms. The zero-order valence-electron chi connectivity index (χ0n) is 13.9. The monoisotopic (exact) mass is 343 g/mol. The van der Waals surface area contributed by atoms with Crippen molar-refractivity contribution in [1.29, 1.82) is 0 Å². The summed E-state index contributed by atoms with van der Waals surface area (Å²) in [4.78, 5) is 13.6. The van der Waals surface area contributed by atoms with Crippen molar-refractivity contribution in [3.8, 4) is 0 Å². The van der Waals surface area contributed by atoms with Gasteiger partial charge in [0.2, 0.25) is 0 Å². The standard InChI is InChI=1S/C18H24F3NO2/c1-2-3-4-16(17(23)24)14-9-10-22(12-14)11-13-5-7-15(8-6-13)18(19,20)21/h5-8,14,16H,2-4,9-12H2,1H3,(H,23,24)/t14-,16?/m0/s1. The van der Waals surface area contributed by atoms with E-state index in [0.29, 0.717) is 19.5 Å². The van der Waals surface area contributed by atoms with Gasteiger partial charge in [-0.2, -0.15) is 13.2 Å². The lowest BCUT2D eigenvalue weighted by Gasteiger charge is -2.21. The SMILES string of the molecule is CCCCC(C(=O)O)[C@H]1CCN(Cc2ccc(C(F)(F)F)cc2)C1. The van der Waals surface area contributed by atoms with E-state index < -0.39 is 17.7 Å². The minimum atomic E-state index is -4.31. The number of rotatable bonds is 7. The van der Waals surface area contributed by atoms with E-state index in [1.54, 1.807) is 0 Å². The number of hydrogen-bond acceptors (Lipinski definition) is 2. The fourth-order valence-corrected chi connectivity index (χ4v) is 3.38. The molecule has 1 heterocycles. The van der Waals surface area contributed by atoms with Crippen molar-refractivity contribution in [3.63, 3.8) is 0 Å². The number of nitrogens with zero attached hydrogens (tertiary/aromatic N) is 1. The van der Waals surface area contributed by atoms with Gasteiger partial charge < -0.3 is 5.11 Å². The van der Waals surface area contributed by atoms with Crippen molar-refractivity contribution in [2.75, 3.05) is 13.1 Å². The zero-order valence-corrected chi connectivity index (χ0v) is 13.9. The molecule has 0 amide bonds. The first kappa shape index (κ1) is 18.8. The third-order valence-electron chi connectivity index (χ3n) is 4.75. The van der Waals surface area contributed by atoms with Crippen LogP contribution in [-0.2, 0) is 17.5 Å². The van der Waals surface area contributed by atoms with E-state index in [9.17, 15) is 23.1 Å². The van der Waals surface area contributed by atoms with Gasteiger partial charge in [-0.25, -0.2) is 0 Å². The van der Waals surface area contributed by atoms with Gasteiger partial charge in [0.05, 0.1) is 11.5 Å². The molecule has 1 aromatic carbocycles. The topological polar surface area (TPSA) is 40.5 Å².